The van der Waals surface area contributed by atoms with Crippen molar-refractivity contribution in [2.75, 3.05) is 13.2 Å². The first-order chi connectivity index (χ1) is 15.2. The number of carbonyl (C=O) groups is 3. The molecule has 1 aliphatic heterocycles. The van der Waals surface area contributed by atoms with Gasteiger partial charge in [0.2, 0.25) is 0 Å². The van der Waals surface area contributed by atoms with Crippen LogP contribution in [0.25, 0.3) is 0 Å². The Balaban J connectivity index is 2.22. The maximum atomic E-state index is 12.8. The molecule has 1 aliphatic carbocycles. The average Bonchev–Trinajstić information content (AvgIpc) is 3.01. The highest BCUT2D eigenvalue weighted by molar-refractivity contribution is 5.93. The quantitative estimate of drug-likeness (QED) is 0.210. The van der Waals surface area contributed by atoms with Crippen molar-refractivity contribution in [3.8, 4) is 0 Å². The van der Waals surface area contributed by atoms with E-state index in [-0.39, 0.29) is 16.7 Å². The summed E-state index contributed by atoms with van der Waals surface area (Å²) < 4.78 is 16.1. The minimum Gasteiger partial charge on any atom is -0.515 e. The average molecular weight is 446 g/mol. The van der Waals surface area contributed by atoms with E-state index in [1.165, 1.54) is 6.08 Å². The van der Waals surface area contributed by atoms with Gasteiger partial charge in [-0.2, -0.15) is 0 Å². The molecule has 2 N–H and O–H groups in total. The summed E-state index contributed by atoms with van der Waals surface area (Å²) in [5.74, 6) is -2.84. The normalized spacial score (nSPS) is 27.9. The summed E-state index contributed by atoms with van der Waals surface area (Å²) in [5.41, 5.74) is 1.97. The van der Waals surface area contributed by atoms with Gasteiger partial charge in [0.1, 0.15) is 24.4 Å². The summed E-state index contributed by atoms with van der Waals surface area (Å²) in [6, 6.07) is 0. The van der Waals surface area contributed by atoms with E-state index >= 15 is 0 Å². The highest BCUT2D eigenvalue weighted by Crippen LogP contribution is 2.36. The van der Waals surface area contributed by atoms with Crippen LogP contribution < -0.4 is 0 Å². The van der Waals surface area contributed by atoms with E-state index in [1.54, 1.807) is 6.92 Å². The zero-order valence-corrected chi connectivity index (χ0v) is 18.6. The smallest absolute Gasteiger partial charge is 0.340 e. The largest absolute Gasteiger partial charge is 0.515 e. The molecule has 1 heterocycles. The molecular formula is C24H30O8. The molecule has 2 aliphatic rings. The predicted molar refractivity (Wildman–Crippen MR) is 116 cm³/mol. The molecule has 0 aromatic heterocycles. The Kier molecular flexibility index (Phi) is 9.02. The van der Waals surface area contributed by atoms with Crippen LogP contribution in [0.3, 0.4) is 0 Å². The van der Waals surface area contributed by atoms with E-state index in [0.717, 1.165) is 24.0 Å². The lowest BCUT2D eigenvalue weighted by molar-refractivity contribution is -0.148. The number of esters is 3. The van der Waals surface area contributed by atoms with Gasteiger partial charge in [0.25, 0.3) is 0 Å². The standard InChI is InChI=1S/C24H30O8/c1-5-17(11-25)23(28)30-13-18(12-26)24(29)32-20-10-15(3)8-6-7-14(2)9-19-21(20)16(4)22(27)31-19/h5,8-9,12,19-21,25-26H,4,6-7,10-11,13H2,1-3H3/b14-9+,15-8+,17-5+,18-12+/t19-,20-,21+/m1/s1. The van der Waals surface area contributed by atoms with Crippen molar-refractivity contribution >= 4 is 17.9 Å². The fourth-order valence-electron chi connectivity index (χ4n) is 3.60. The van der Waals surface area contributed by atoms with Crippen molar-refractivity contribution in [3.05, 3.63) is 58.9 Å². The number of fused-ring (bicyclic) bond motifs is 1. The third-order valence-corrected chi connectivity index (χ3v) is 5.48. The Morgan fingerprint density at radius 3 is 2.59 bits per heavy atom. The monoisotopic (exact) mass is 446 g/mol. The van der Waals surface area contributed by atoms with Crippen LogP contribution in [0.1, 0.15) is 40.0 Å². The van der Waals surface area contributed by atoms with Gasteiger partial charge in [-0.15, -0.1) is 0 Å². The number of rotatable bonds is 6. The van der Waals surface area contributed by atoms with Crippen molar-refractivity contribution in [2.24, 2.45) is 5.92 Å². The van der Waals surface area contributed by atoms with E-state index in [4.69, 9.17) is 19.3 Å². The van der Waals surface area contributed by atoms with Crippen LogP contribution in [-0.4, -0.2) is 53.5 Å². The molecule has 0 bridgehead atoms. The van der Waals surface area contributed by atoms with Crippen LogP contribution >= 0.6 is 0 Å². The molecule has 3 atom stereocenters. The molecule has 0 spiro atoms. The lowest BCUT2D eigenvalue weighted by atomic mass is 9.85. The third-order valence-electron chi connectivity index (χ3n) is 5.48. The Morgan fingerprint density at radius 1 is 1.25 bits per heavy atom. The molecule has 8 nitrogen and oxygen atoms in total. The summed E-state index contributed by atoms with van der Waals surface area (Å²) in [6.07, 6.45) is 6.39. The first-order valence-electron chi connectivity index (χ1n) is 10.4. The van der Waals surface area contributed by atoms with E-state index in [0.29, 0.717) is 12.7 Å². The van der Waals surface area contributed by atoms with Gasteiger partial charge in [0, 0.05) is 12.0 Å². The number of aliphatic hydroxyl groups is 2. The van der Waals surface area contributed by atoms with Crippen LogP contribution in [0.5, 0.6) is 0 Å². The Hall–Kier alpha value is -3.13. The number of hydrogen-bond donors (Lipinski definition) is 2. The van der Waals surface area contributed by atoms with Gasteiger partial charge < -0.3 is 24.4 Å². The maximum absolute atomic E-state index is 12.8. The van der Waals surface area contributed by atoms with Crippen molar-refractivity contribution < 1.29 is 38.8 Å². The van der Waals surface area contributed by atoms with Crippen LogP contribution in [-0.2, 0) is 28.6 Å². The van der Waals surface area contributed by atoms with Gasteiger partial charge in [-0.1, -0.05) is 29.9 Å². The second-order valence-electron chi connectivity index (χ2n) is 7.87. The SMILES string of the molecule is C=C1C(=O)O[C@@H]2/C=C(\C)CC/C=C(\C)C[C@@H](OC(=O)/C(=C/O)COC(=O)/C(=C/C)CO)[C@@H]12. The Bertz CT molecular complexity index is 890. The number of allylic oxidation sites excluding steroid dienone is 3. The molecule has 0 saturated carbocycles. The fraction of sp³-hybridized carbons (Fsp3) is 0.458. The van der Waals surface area contributed by atoms with E-state index in [2.05, 4.69) is 12.7 Å². The van der Waals surface area contributed by atoms with E-state index < -0.39 is 49.2 Å². The Morgan fingerprint density at radius 2 is 1.97 bits per heavy atom. The first-order valence-corrected chi connectivity index (χ1v) is 10.4. The zero-order valence-electron chi connectivity index (χ0n) is 18.6. The predicted octanol–water partition coefficient (Wildman–Crippen LogP) is 3.00. The zero-order chi connectivity index (χ0) is 23.8. The Labute approximate surface area is 187 Å². The van der Waals surface area contributed by atoms with Gasteiger partial charge in [0.05, 0.1) is 24.4 Å². The number of aliphatic hydroxyl groups excluding tert-OH is 2. The van der Waals surface area contributed by atoms with Crippen LogP contribution in [0.2, 0.25) is 0 Å². The molecule has 0 aromatic carbocycles. The van der Waals surface area contributed by atoms with Crippen molar-refractivity contribution in [2.45, 2.75) is 52.2 Å². The molecule has 0 aromatic rings. The van der Waals surface area contributed by atoms with Crippen molar-refractivity contribution in [1.29, 1.82) is 0 Å². The molecule has 1 fully saturated rings. The number of carbonyl (C=O) groups excluding carboxylic acids is 3. The minimum absolute atomic E-state index is 0.0201. The summed E-state index contributed by atoms with van der Waals surface area (Å²) in [4.78, 5) is 36.9. The molecule has 0 radical (unpaired) electrons. The lowest BCUT2D eigenvalue weighted by Gasteiger charge is -2.27. The second-order valence-corrected chi connectivity index (χ2v) is 7.87. The van der Waals surface area contributed by atoms with Crippen LogP contribution in [0.4, 0.5) is 0 Å². The van der Waals surface area contributed by atoms with E-state index in [1.807, 2.05) is 19.9 Å². The van der Waals surface area contributed by atoms with Crippen molar-refractivity contribution in [3.63, 3.8) is 0 Å². The molecular weight excluding hydrogens is 416 g/mol. The first kappa shape index (κ1) is 25.1. The third kappa shape index (κ3) is 6.20. The number of hydrogen-bond acceptors (Lipinski definition) is 8. The molecule has 0 amide bonds. The molecule has 32 heavy (non-hydrogen) atoms. The lowest BCUT2D eigenvalue weighted by Crippen LogP contribution is -2.34. The van der Waals surface area contributed by atoms with Crippen molar-refractivity contribution in [1.82, 2.24) is 0 Å². The van der Waals surface area contributed by atoms with Gasteiger partial charge in [-0.05, 0) is 39.7 Å². The fourth-order valence-corrected chi connectivity index (χ4v) is 3.60. The minimum atomic E-state index is -0.896. The summed E-state index contributed by atoms with van der Waals surface area (Å²) >= 11 is 0. The molecule has 2 rings (SSSR count). The molecule has 0 unspecified atom stereocenters. The molecule has 8 heteroatoms. The van der Waals surface area contributed by atoms with Gasteiger partial charge in [0.15, 0.2) is 0 Å². The van der Waals surface area contributed by atoms with Gasteiger partial charge >= 0.3 is 17.9 Å². The molecule has 1 saturated heterocycles. The van der Waals surface area contributed by atoms with Gasteiger partial charge in [-0.3, -0.25) is 0 Å². The van der Waals surface area contributed by atoms with Crippen LogP contribution in [0.15, 0.2) is 58.9 Å². The topological polar surface area (TPSA) is 119 Å². The maximum Gasteiger partial charge on any atom is 0.340 e. The molecule has 174 valence electrons. The number of ether oxygens (including phenoxy) is 3. The van der Waals surface area contributed by atoms with Crippen LogP contribution in [0, 0.1) is 5.92 Å². The second kappa shape index (κ2) is 11.5. The summed E-state index contributed by atoms with van der Waals surface area (Å²) in [6.45, 7) is 8.20. The highest BCUT2D eigenvalue weighted by Gasteiger charge is 2.44. The van der Waals surface area contributed by atoms with E-state index in [9.17, 15) is 19.5 Å². The summed E-state index contributed by atoms with van der Waals surface area (Å²) in [5, 5.41) is 18.6. The van der Waals surface area contributed by atoms with Gasteiger partial charge in [-0.25, -0.2) is 14.4 Å². The summed E-state index contributed by atoms with van der Waals surface area (Å²) in [7, 11) is 0. The highest BCUT2D eigenvalue weighted by atomic mass is 16.6.